The highest BCUT2D eigenvalue weighted by molar-refractivity contribution is 5.99. The molecule has 14 unspecified atom stereocenters. The first-order valence-electron chi connectivity index (χ1n) is 35.6. The molecule has 19 heteroatoms. The molecule has 19 rings (SSSR count). The maximum atomic E-state index is 15.0. The zero-order valence-corrected chi connectivity index (χ0v) is 53.1. The van der Waals surface area contributed by atoms with E-state index >= 15 is 0 Å². The van der Waals surface area contributed by atoms with Crippen molar-refractivity contribution in [3.8, 4) is 0 Å². The van der Waals surface area contributed by atoms with E-state index in [-0.39, 0.29) is 60.7 Å². The minimum Gasteiger partial charge on any atom is -0.465 e. The summed E-state index contributed by atoms with van der Waals surface area (Å²) in [5.41, 5.74) is -4.93. The molecule has 18 bridgehead atoms. The lowest BCUT2D eigenvalue weighted by Gasteiger charge is -2.59. The van der Waals surface area contributed by atoms with Gasteiger partial charge in [-0.1, -0.05) is 0 Å². The fourth-order valence-electron chi connectivity index (χ4n) is 25.2. The predicted molar refractivity (Wildman–Crippen MR) is 312 cm³/mol. The van der Waals surface area contributed by atoms with E-state index in [1.807, 2.05) is 13.8 Å². The Labute approximate surface area is 527 Å². The summed E-state index contributed by atoms with van der Waals surface area (Å²) in [4.78, 5) is 113. The molecule has 1 spiro atoms. The number of hydrogen-bond donors (Lipinski definition) is 1. The molecular formula is C71H96O19. The SMILES string of the molecule is CC1(OC(=O)COC(=O)C2C3CCC(C3)C2OCOCC(CO)(COC(=O)C2C3CCC(C3)C2C(=O)OCC(=O)OC2(C)C3CC4CC(C3)CC2C4)COC(=O)C2C3CCC(C3)C23C(=O)OC3C(=O)OC2(C)C3CC4CC(C3)CC2C4)C2CC3CC(C2)CC1C3. The fraction of sp³-hybridized carbons (Fsp3) is 0.887. The van der Waals surface area contributed by atoms with E-state index in [2.05, 4.69) is 6.92 Å². The molecule has 19 aliphatic rings. The van der Waals surface area contributed by atoms with E-state index in [1.54, 1.807) is 0 Å². The number of aliphatic hydroxyl groups is 1. The van der Waals surface area contributed by atoms with Crippen LogP contribution >= 0.6 is 0 Å². The molecular weight excluding hydrogens is 1160 g/mol. The normalized spacial score (nSPS) is 48.9. The summed E-state index contributed by atoms with van der Waals surface area (Å²) in [5.74, 6) is -3.58. The second-order valence-electron chi connectivity index (χ2n) is 33.7. The summed E-state index contributed by atoms with van der Waals surface area (Å²) >= 11 is 0. The largest absolute Gasteiger partial charge is 0.465 e. The highest BCUT2D eigenvalue weighted by Crippen LogP contribution is 2.68. The van der Waals surface area contributed by atoms with Crippen molar-refractivity contribution in [1.82, 2.24) is 0 Å². The lowest BCUT2D eigenvalue weighted by Crippen LogP contribution is -2.69. The topological polar surface area (TPSA) is 249 Å². The van der Waals surface area contributed by atoms with Crippen molar-refractivity contribution in [2.24, 2.45) is 141 Å². The Hall–Kier alpha value is -4.36. The minimum atomic E-state index is -1.61. The molecule has 0 aromatic heterocycles. The third-order valence-corrected chi connectivity index (χ3v) is 29.2. The average molecular weight is 1250 g/mol. The van der Waals surface area contributed by atoms with Crippen LogP contribution in [0.15, 0.2) is 0 Å². The number of carbonyl (C=O) groups is 8. The average Bonchev–Trinajstić information content (AvgIpc) is 1.43. The van der Waals surface area contributed by atoms with Crippen molar-refractivity contribution in [3.05, 3.63) is 0 Å². The molecule has 1 N–H and O–H groups in total. The van der Waals surface area contributed by atoms with Crippen LogP contribution in [-0.2, 0) is 85.7 Å². The van der Waals surface area contributed by atoms with Crippen LogP contribution < -0.4 is 0 Å². The summed E-state index contributed by atoms with van der Waals surface area (Å²) in [6, 6.07) is 0. The number of cyclic esters (lactones) is 1. The zero-order valence-electron chi connectivity index (χ0n) is 53.1. The van der Waals surface area contributed by atoms with Crippen molar-refractivity contribution >= 4 is 47.8 Å². The second kappa shape index (κ2) is 22.4. The van der Waals surface area contributed by atoms with Gasteiger partial charge in [-0.15, -0.1) is 0 Å². The number of ether oxygens (including phenoxy) is 10. The van der Waals surface area contributed by atoms with Gasteiger partial charge in [0.1, 0.15) is 42.2 Å². The van der Waals surface area contributed by atoms with Crippen LogP contribution in [0, 0.1) is 141 Å². The van der Waals surface area contributed by atoms with E-state index in [0.29, 0.717) is 97.7 Å². The van der Waals surface area contributed by atoms with E-state index < -0.39 is 144 Å². The Kier molecular flexibility index (Phi) is 15.1. The fourth-order valence-corrected chi connectivity index (χ4v) is 25.2. The van der Waals surface area contributed by atoms with Gasteiger partial charge in [0.25, 0.3) is 0 Å². The van der Waals surface area contributed by atoms with Crippen LogP contribution in [0.25, 0.3) is 0 Å². The van der Waals surface area contributed by atoms with Gasteiger partial charge in [-0.3, -0.25) is 24.0 Å². The molecule has 1 heterocycles. The molecule has 1 saturated heterocycles. The molecule has 14 atom stereocenters. The first-order valence-corrected chi connectivity index (χ1v) is 35.6. The van der Waals surface area contributed by atoms with Crippen LogP contribution in [0.3, 0.4) is 0 Å². The van der Waals surface area contributed by atoms with Crippen molar-refractivity contribution in [1.29, 1.82) is 0 Å². The van der Waals surface area contributed by atoms with Gasteiger partial charge < -0.3 is 52.5 Å². The number of aliphatic hydroxyl groups excluding tert-OH is 1. The van der Waals surface area contributed by atoms with Gasteiger partial charge >= 0.3 is 47.8 Å². The van der Waals surface area contributed by atoms with Gasteiger partial charge in [0.2, 0.25) is 6.10 Å². The summed E-state index contributed by atoms with van der Waals surface area (Å²) < 4.78 is 61.4. The highest BCUT2D eigenvalue weighted by Gasteiger charge is 2.78. The van der Waals surface area contributed by atoms with Crippen molar-refractivity contribution < 1.29 is 90.8 Å². The van der Waals surface area contributed by atoms with Crippen molar-refractivity contribution in [2.45, 2.75) is 204 Å². The lowest BCUT2D eigenvalue weighted by atomic mass is 9.50. The third kappa shape index (κ3) is 9.70. The van der Waals surface area contributed by atoms with E-state index in [0.717, 1.165) is 96.3 Å². The number of fused-ring (bicyclic) bond motifs is 7. The van der Waals surface area contributed by atoms with E-state index in [4.69, 9.17) is 47.4 Å². The highest BCUT2D eigenvalue weighted by atomic mass is 16.7. The predicted octanol–water partition coefficient (Wildman–Crippen LogP) is 8.44. The number of carbonyl (C=O) groups excluding carboxylic acids is 8. The van der Waals surface area contributed by atoms with Crippen LogP contribution in [0.1, 0.15) is 175 Å². The molecule has 18 saturated carbocycles. The molecule has 0 aromatic carbocycles. The summed E-state index contributed by atoms with van der Waals surface area (Å²) in [6.45, 7) is 2.65. The number of rotatable bonds is 22. The van der Waals surface area contributed by atoms with Crippen LogP contribution in [-0.4, -0.2) is 128 Å². The first kappa shape index (κ1) is 60.6. The first-order chi connectivity index (χ1) is 43.2. The molecule has 18 aliphatic carbocycles. The number of esters is 8. The Bertz CT molecular complexity index is 2830. The number of hydrogen-bond acceptors (Lipinski definition) is 19. The second-order valence-corrected chi connectivity index (χ2v) is 33.7. The van der Waals surface area contributed by atoms with Crippen LogP contribution in [0.2, 0.25) is 0 Å². The Morgan fingerprint density at radius 1 is 0.444 bits per heavy atom. The van der Waals surface area contributed by atoms with Crippen LogP contribution in [0.5, 0.6) is 0 Å². The van der Waals surface area contributed by atoms with E-state index in [1.165, 1.54) is 19.3 Å². The molecule has 0 radical (unpaired) electrons. The molecule has 19 nitrogen and oxygen atoms in total. The minimum absolute atomic E-state index is 0.0132. The van der Waals surface area contributed by atoms with Gasteiger partial charge in [-0.05, 0) is 281 Å². The standard InChI is InChI=1S/C71H96O19/c1-67(47-13-35-10-36(15-47)16-48(67)14-35)88-53(73)28-82-61(75)55-41-4-5-42(25-41)56(55)62(76)84-32-70(30-72,31-81-34-86-59-45-7-6-43(26-45)57(59)63(77)83-29-54(74)89-68(2)49-17-37-11-38(19-49)20-50(68)18-37)33-85-64(78)58-44-8-9-46(27-44)71(58)60(87-66(71)80)65(79)90-69(3)51-21-39-12-40(23-51)24-52(69)22-39/h35-52,55-60,72H,4-34H2,1-3H3. The van der Waals surface area contributed by atoms with Gasteiger partial charge in [0.15, 0.2) is 13.2 Å². The maximum Gasteiger partial charge on any atom is 0.349 e. The van der Waals surface area contributed by atoms with Crippen molar-refractivity contribution in [2.75, 3.05) is 46.4 Å². The van der Waals surface area contributed by atoms with Crippen LogP contribution in [0.4, 0.5) is 0 Å². The zero-order chi connectivity index (χ0) is 62.0. The van der Waals surface area contributed by atoms with E-state index in [9.17, 15) is 43.5 Å². The van der Waals surface area contributed by atoms with Gasteiger partial charge in [-0.25, -0.2) is 14.4 Å². The molecule has 0 aromatic rings. The Morgan fingerprint density at radius 3 is 1.33 bits per heavy atom. The summed E-state index contributed by atoms with van der Waals surface area (Å²) in [7, 11) is 0. The van der Waals surface area contributed by atoms with Gasteiger partial charge in [0.05, 0.1) is 48.4 Å². The molecule has 494 valence electrons. The molecule has 1 aliphatic heterocycles. The lowest BCUT2D eigenvalue weighted by molar-refractivity contribution is -0.251. The third-order valence-electron chi connectivity index (χ3n) is 29.2. The maximum absolute atomic E-state index is 15.0. The quantitative estimate of drug-likeness (QED) is 0.0462. The summed E-state index contributed by atoms with van der Waals surface area (Å²) in [6.07, 6.45) is 20.6. The molecule has 0 amide bonds. The van der Waals surface area contributed by atoms with Crippen molar-refractivity contribution in [3.63, 3.8) is 0 Å². The van der Waals surface area contributed by atoms with Gasteiger partial charge in [0, 0.05) is 0 Å². The molecule has 19 fully saturated rings. The smallest absolute Gasteiger partial charge is 0.349 e. The van der Waals surface area contributed by atoms with Gasteiger partial charge in [-0.2, -0.15) is 0 Å². The molecule has 90 heavy (non-hydrogen) atoms. The Morgan fingerprint density at radius 2 is 0.856 bits per heavy atom. The Balaban J connectivity index is 0.590. The summed E-state index contributed by atoms with van der Waals surface area (Å²) in [5, 5.41) is 11.5. The monoisotopic (exact) mass is 1250 g/mol.